The molecule has 1 unspecified atom stereocenters. The quantitative estimate of drug-likeness (QED) is 0.890. The summed E-state index contributed by atoms with van der Waals surface area (Å²) in [6, 6.07) is 10.3. The number of rotatable bonds is 2. The fraction of sp³-hybridized carbons (Fsp3) is 0.188. The maximum atomic E-state index is 13.5. The van der Waals surface area contributed by atoms with Crippen molar-refractivity contribution in [2.24, 2.45) is 0 Å². The molecule has 2 aromatic carbocycles. The average Bonchev–Trinajstić information content (AvgIpc) is 2.50. The highest BCUT2D eigenvalue weighted by Crippen LogP contribution is 2.25. The van der Waals surface area contributed by atoms with E-state index < -0.39 is 17.7 Å². The molecule has 1 aliphatic rings. The Morgan fingerprint density at radius 3 is 2.86 bits per heavy atom. The summed E-state index contributed by atoms with van der Waals surface area (Å²) in [5.74, 6) is -1.61. The van der Waals surface area contributed by atoms with Crippen LogP contribution in [-0.2, 0) is 11.2 Å². The molecule has 0 saturated heterocycles. The number of para-hydroxylation sites is 1. The van der Waals surface area contributed by atoms with Gasteiger partial charge in [0.05, 0.1) is 5.69 Å². The molecule has 1 aliphatic heterocycles. The Hall–Kier alpha value is -2.43. The number of halogens is 2. The Bertz CT molecular complexity index is 688. The third-order valence-electron chi connectivity index (χ3n) is 3.55. The van der Waals surface area contributed by atoms with Gasteiger partial charge in [0.15, 0.2) is 0 Å². The van der Waals surface area contributed by atoms with Gasteiger partial charge < -0.3 is 10.6 Å². The SMILES string of the molecule is O=C(Nc1cc(F)ccc1F)C1CCc2ccccc2N1. The Balaban J connectivity index is 1.74. The molecule has 0 aliphatic carbocycles. The van der Waals surface area contributed by atoms with Crippen molar-refractivity contribution in [1.82, 2.24) is 0 Å². The molecule has 2 N–H and O–H groups in total. The molecule has 0 bridgehead atoms. The van der Waals surface area contributed by atoms with Gasteiger partial charge in [-0.05, 0) is 36.6 Å². The second-order valence-corrected chi connectivity index (χ2v) is 5.01. The van der Waals surface area contributed by atoms with Gasteiger partial charge in [0.25, 0.3) is 0 Å². The lowest BCUT2D eigenvalue weighted by atomic mass is 9.97. The van der Waals surface area contributed by atoms with E-state index >= 15 is 0 Å². The molecular weight excluding hydrogens is 274 g/mol. The zero-order valence-electron chi connectivity index (χ0n) is 11.2. The molecule has 21 heavy (non-hydrogen) atoms. The van der Waals surface area contributed by atoms with Crippen LogP contribution in [0, 0.1) is 11.6 Å². The molecule has 2 aromatic rings. The van der Waals surface area contributed by atoms with Gasteiger partial charge in [-0.2, -0.15) is 0 Å². The highest BCUT2D eigenvalue weighted by molar-refractivity contribution is 5.97. The summed E-state index contributed by atoms with van der Waals surface area (Å²) in [7, 11) is 0. The minimum Gasteiger partial charge on any atom is -0.373 e. The van der Waals surface area contributed by atoms with Crippen LogP contribution < -0.4 is 10.6 Å². The predicted octanol–water partition coefficient (Wildman–Crippen LogP) is 3.33. The van der Waals surface area contributed by atoms with Crippen LogP contribution >= 0.6 is 0 Å². The number of amides is 1. The molecule has 3 nitrogen and oxygen atoms in total. The number of hydrogen-bond donors (Lipinski definition) is 2. The van der Waals surface area contributed by atoms with Gasteiger partial charge >= 0.3 is 0 Å². The highest BCUT2D eigenvalue weighted by Gasteiger charge is 2.24. The van der Waals surface area contributed by atoms with Crippen LogP contribution in [0.5, 0.6) is 0 Å². The molecule has 108 valence electrons. The predicted molar refractivity (Wildman–Crippen MR) is 77.2 cm³/mol. The van der Waals surface area contributed by atoms with Gasteiger partial charge in [0.1, 0.15) is 17.7 Å². The zero-order valence-corrected chi connectivity index (χ0v) is 11.2. The lowest BCUT2D eigenvalue weighted by Gasteiger charge is -2.26. The molecule has 0 aromatic heterocycles. The lowest BCUT2D eigenvalue weighted by Crippen LogP contribution is -2.37. The van der Waals surface area contributed by atoms with E-state index in [0.29, 0.717) is 6.42 Å². The largest absolute Gasteiger partial charge is 0.373 e. The van der Waals surface area contributed by atoms with Crippen molar-refractivity contribution >= 4 is 17.3 Å². The molecule has 3 rings (SSSR count). The van der Waals surface area contributed by atoms with Crippen molar-refractivity contribution in [2.75, 3.05) is 10.6 Å². The van der Waals surface area contributed by atoms with Crippen LogP contribution in [0.15, 0.2) is 42.5 Å². The summed E-state index contributed by atoms with van der Waals surface area (Å²) in [4.78, 5) is 12.2. The first-order valence-electron chi connectivity index (χ1n) is 6.74. The topological polar surface area (TPSA) is 41.1 Å². The summed E-state index contributed by atoms with van der Waals surface area (Å²) in [5, 5.41) is 5.56. The fourth-order valence-electron chi connectivity index (χ4n) is 2.45. The van der Waals surface area contributed by atoms with Crippen LogP contribution in [-0.4, -0.2) is 11.9 Å². The lowest BCUT2D eigenvalue weighted by molar-refractivity contribution is -0.117. The van der Waals surface area contributed by atoms with E-state index in [1.54, 1.807) is 0 Å². The molecule has 0 radical (unpaired) electrons. The number of hydrogen-bond acceptors (Lipinski definition) is 2. The van der Waals surface area contributed by atoms with Crippen molar-refractivity contribution in [3.8, 4) is 0 Å². The first-order valence-corrected chi connectivity index (χ1v) is 6.74. The molecule has 1 atom stereocenters. The van der Waals surface area contributed by atoms with Crippen molar-refractivity contribution in [1.29, 1.82) is 0 Å². The van der Waals surface area contributed by atoms with E-state index in [9.17, 15) is 13.6 Å². The first kappa shape index (κ1) is 13.5. The van der Waals surface area contributed by atoms with Crippen LogP contribution in [0.3, 0.4) is 0 Å². The Morgan fingerprint density at radius 1 is 1.19 bits per heavy atom. The summed E-state index contributed by atoms with van der Waals surface area (Å²) in [6.07, 6.45) is 1.38. The van der Waals surface area contributed by atoms with Crippen LogP contribution in [0.2, 0.25) is 0 Å². The molecule has 0 fully saturated rings. The molecule has 0 saturated carbocycles. The summed E-state index contributed by atoms with van der Waals surface area (Å²) in [6.45, 7) is 0. The summed E-state index contributed by atoms with van der Waals surface area (Å²) >= 11 is 0. The van der Waals surface area contributed by atoms with Gasteiger partial charge in [-0.3, -0.25) is 4.79 Å². The minimum absolute atomic E-state index is 0.138. The second-order valence-electron chi connectivity index (χ2n) is 5.01. The Kier molecular flexibility index (Phi) is 3.56. The standard InChI is InChI=1S/C16H14F2N2O/c17-11-6-7-12(18)15(9-11)20-16(21)14-8-5-10-3-1-2-4-13(10)19-14/h1-4,6-7,9,14,19H,5,8H2,(H,20,21). The Labute approximate surface area is 121 Å². The maximum absolute atomic E-state index is 13.5. The number of fused-ring (bicyclic) bond motifs is 1. The van der Waals surface area contributed by atoms with Crippen LogP contribution in [0.4, 0.5) is 20.2 Å². The van der Waals surface area contributed by atoms with Gasteiger partial charge in [0.2, 0.25) is 5.91 Å². The molecule has 5 heteroatoms. The van der Waals surface area contributed by atoms with E-state index in [2.05, 4.69) is 10.6 Å². The molecule has 1 heterocycles. The number of carbonyl (C=O) groups excluding carboxylic acids is 1. The summed E-state index contributed by atoms with van der Waals surface area (Å²) in [5.41, 5.74) is 1.92. The van der Waals surface area contributed by atoms with Crippen LogP contribution in [0.25, 0.3) is 0 Å². The van der Waals surface area contributed by atoms with E-state index in [4.69, 9.17) is 0 Å². The van der Waals surface area contributed by atoms with E-state index in [-0.39, 0.29) is 11.6 Å². The van der Waals surface area contributed by atoms with E-state index in [0.717, 1.165) is 35.9 Å². The monoisotopic (exact) mass is 288 g/mol. The van der Waals surface area contributed by atoms with Gasteiger partial charge in [-0.25, -0.2) is 8.78 Å². The number of anilines is 2. The molecule has 0 spiro atoms. The maximum Gasteiger partial charge on any atom is 0.246 e. The van der Waals surface area contributed by atoms with Crippen molar-refractivity contribution in [2.45, 2.75) is 18.9 Å². The number of nitrogens with one attached hydrogen (secondary N) is 2. The normalized spacial score (nSPS) is 16.8. The minimum atomic E-state index is -0.652. The highest BCUT2D eigenvalue weighted by atomic mass is 19.1. The summed E-state index contributed by atoms with van der Waals surface area (Å²) < 4.78 is 26.6. The first-order chi connectivity index (χ1) is 10.1. The van der Waals surface area contributed by atoms with E-state index in [1.165, 1.54) is 0 Å². The van der Waals surface area contributed by atoms with Crippen molar-refractivity contribution in [3.63, 3.8) is 0 Å². The molecule has 1 amide bonds. The molecular formula is C16H14F2N2O. The third-order valence-corrected chi connectivity index (χ3v) is 3.55. The van der Waals surface area contributed by atoms with Gasteiger partial charge in [0, 0.05) is 11.8 Å². The zero-order chi connectivity index (χ0) is 14.8. The van der Waals surface area contributed by atoms with Gasteiger partial charge in [-0.1, -0.05) is 18.2 Å². The number of aryl methyl sites for hydroxylation is 1. The third kappa shape index (κ3) is 2.86. The van der Waals surface area contributed by atoms with Crippen molar-refractivity contribution in [3.05, 3.63) is 59.7 Å². The smallest absolute Gasteiger partial charge is 0.246 e. The van der Waals surface area contributed by atoms with E-state index in [1.807, 2.05) is 24.3 Å². The van der Waals surface area contributed by atoms with Crippen LogP contribution in [0.1, 0.15) is 12.0 Å². The fourth-order valence-corrected chi connectivity index (χ4v) is 2.45. The number of carbonyl (C=O) groups is 1. The number of benzene rings is 2. The van der Waals surface area contributed by atoms with Crippen molar-refractivity contribution < 1.29 is 13.6 Å². The average molecular weight is 288 g/mol. The van der Waals surface area contributed by atoms with Gasteiger partial charge in [-0.15, -0.1) is 0 Å². The second kappa shape index (κ2) is 5.52. The Morgan fingerprint density at radius 2 is 2.00 bits per heavy atom.